The molecule has 2 heterocycles. The summed E-state index contributed by atoms with van der Waals surface area (Å²) in [6.07, 6.45) is 3.13. The monoisotopic (exact) mass is 415 g/mol. The first-order valence-corrected chi connectivity index (χ1v) is 11.0. The van der Waals surface area contributed by atoms with Crippen molar-refractivity contribution in [3.63, 3.8) is 0 Å². The van der Waals surface area contributed by atoms with Crippen LogP contribution in [0.3, 0.4) is 0 Å². The van der Waals surface area contributed by atoms with Gasteiger partial charge in [0, 0.05) is 17.0 Å². The topological polar surface area (TPSA) is 92.9 Å². The third kappa shape index (κ3) is 3.47. The predicted molar refractivity (Wildman–Crippen MR) is 108 cm³/mol. The second-order valence-corrected chi connectivity index (χ2v) is 9.03. The Bertz CT molecular complexity index is 1240. The van der Waals surface area contributed by atoms with E-state index in [0.717, 1.165) is 30.0 Å². The van der Waals surface area contributed by atoms with E-state index in [0.29, 0.717) is 39.9 Å². The van der Waals surface area contributed by atoms with Gasteiger partial charge in [-0.25, -0.2) is 23.3 Å². The van der Waals surface area contributed by atoms with Gasteiger partial charge in [0.2, 0.25) is 10.0 Å². The first-order valence-electron chi connectivity index (χ1n) is 9.16. The molecule has 2 aromatic carbocycles. The number of furan rings is 1. The van der Waals surface area contributed by atoms with Gasteiger partial charge in [0.1, 0.15) is 17.2 Å². The van der Waals surface area contributed by atoms with E-state index in [1.54, 1.807) is 18.2 Å². The highest BCUT2D eigenvalue weighted by molar-refractivity contribution is 7.92. The summed E-state index contributed by atoms with van der Waals surface area (Å²) in [6.45, 7) is 0.175. The molecular formula is C20H18FN3O4S. The van der Waals surface area contributed by atoms with Crippen molar-refractivity contribution in [2.75, 3.05) is 17.7 Å². The molecule has 150 valence electrons. The second-order valence-electron chi connectivity index (χ2n) is 7.28. The fourth-order valence-corrected chi connectivity index (χ4v) is 4.16. The average molecular weight is 415 g/mol. The zero-order valence-corrected chi connectivity index (χ0v) is 16.3. The molecule has 2 aliphatic rings. The highest BCUT2D eigenvalue weighted by atomic mass is 32.2. The van der Waals surface area contributed by atoms with Crippen LogP contribution in [0, 0.1) is 5.82 Å². The summed E-state index contributed by atoms with van der Waals surface area (Å²) in [5.74, 6) is 0.987. The van der Waals surface area contributed by atoms with Gasteiger partial charge in [-0.2, -0.15) is 0 Å². The number of rotatable bonds is 5. The first-order chi connectivity index (χ1) is 13.9. The summed E-state index contributed by atoms with van der Waals surface area (Å²) in [6, 6.07) is 9.64. The molecule has 3 aromatic rings. The SMILES string of the molecule is CS(=O)(=O)Nc1cc2oc(-c3ccc(F)cc3)c(C3=NCON3)c2cc1C1CC1. The molecule has 0 unspecified atom stereocenters. The van der Waals surface area contributed by atoms with Crippen LogP contribution in [0.1, 0.15) is 29.9 Å². The third-order valence-electron chi connectivity index (χ3n) is 4.97. The van der Waals surface area contributed by atoms with Crippen molar-refractivity contribution in [2.24, 2.45) is 4.99 Å². The molecule has 0 spiro atoms. The van der Waals surface area contributed by atoms with E-state index in [1.807, 2.05) is 6.07 Å². The molecule has 0 atom stereocenters. The van der Waals surface area contributed by atoms with E-state index < -0.39 is 10.0 Å². The molecule has 0 saturated heterocycles. The lowest BCUT2D eigenvalue weighted by Gasteiger charge is -2.10. The van der Waals surface area contributed by atoms with Gasteiger partial charge in [0.05, 0.1) is 17.5 Å². The smallest absolute Gasteiger partial charge is 0.229 e. The Morgan fingerprint density at radius 3 is 2.59 bits per heavy atom. The second kappa shape index (κ2) is 6.57. The molecule has 5 rings (SSSR count). The molecule has 1 fully saturated rings. The fraction of sp³-hybridized carbons (Fsp3) is 0.250. The van der Waals surface area contributed by atoms with Crippen molar-refractivity contribution in [2.45, 2.75) is 18.8 Å². The standard InChI is InChI=1S/C20H18FN3O4S/c1-29(25,26)24-16-9-17-15(8-14(16)11-2-3-11)18(20-22-10-27-23-20)19(28-17)12-4-6-13(21)7-5-12/h4-9,11,24H,2-3,10H2,1H3,(H,22,23). The molecule has 29 heavy (non-hydrogen) atoms. The number of nitrogens with one attached hydrogen (secondary N) is 2. The van der Waals surface area contributed by atoms with Crippen LogP contribution in [0.15, 0.2) is 45.8 Å². The maximum Gasteiger partial charge on any atom is 0.229 e. The molecule has 1 aromatic heterocycles. The van der Waals surface area contributed by atoms with Crippen molar-refractivity contribution < 1.29 is 22.1 Å². The Kier molecular flexibility index (Phi) is 4.11. The van der Waals surface area contributed by atoms with Gasteiger partial charge < -0.3 is 4.42 Å². The Morgan fingerprint density at radius 1 is 1.21 bits per heavy atom. The van der Waals surface area contributed by atoms with E-state index in [2.05, 4.69) is 15.2 Å². The number of amidine groups is 1. The van der Waals surface area contributed by atoms with Gasteiger partial charge in [-0.3, -0.25) is 9.56 Å². The van der Waals surface area contributed by atoms with Crippen molar-refractivity contribution in [1.82, 2.24) is 5.48 Å². The van der Waals surface area contributed by atoms with E-state index >= 15 is 0 Å². The summed E-state index contributed by atoms with van der Waals surface area (Å²) in [4.78, 5) is 9.51. The van der Waals surface area contributed by atoms with Crippen LogP contribution >= 0.6 is 0 Å². The third-order valence-corrected chi connectivity index (χ3v) is 5.56. The molecule has 2 N–H and O–H groups in total. The molecule has 1 saturated carbocycles. The molecule has 0 bridgehead atoms. The van der Waals surface area contributed by atoms with Crippen LogP contribution in [0.4, 0.5) is 10.1 Å². The Hall–Kier alpha value is -2.91. The lowest BCUT2D eigenvalue weighted by atomic mass is 10.0. The number of hydrogen-bond donors (Lipinski definition) is 2. The predicted octanol–water partition coefficient (Wildman–Crippen LogP) is 3.73. The fourth-order valence-electron chi connectivity index (χ4n) is 3.58. The van der Waals surface area contributed by atoms with Crippen LogP contribution in [-0.4, -0.2) is 27.2 Å². The number of aliphatic imine (C=N–C) groups is 1. The first kappa shape index (κ1) is 18.1. The van der Waals surface area contributed by atoms with Gasteiger partial charge in [0.25, 0.3) is 0 Å². The summed E-state index contributed by atoms with van der Waals surface area (Å²) >= 11 is 0. The van der Waals surface area contributed by atoms with Crippen LogP contribution < -0.4 is 10.2 Å². The molecule has 9 heteroatoms. The lowest BCUT2D eigenvalue weighted by molar-refractivity contribution is 0.115. The zero-order chi connectivity index (χ0) is 20.2. The number of hydroxylamine groups is 1. The van der Waals surface area contributed by atoms with Crippen LogP contribution in [-0.2, 0) is 14.9 Å². The Morgan fingerprint density at radius 2 is 1.97 bits per heavy atom. The maximum absolute atomic E-state index is 13.4. The number of benzene rings is 2. The van der Waals surface area contributed by atoms with Gasteiger partial charge in [-0.05, 0) is 54.7 Å². The minimum atomic E-state index is -3.44. The summed E-state index contributed by atoms with van der Waals surface area (Å²) < 4.78 is 45.8. The molecule has 7 nitrogen and oxygen atoms in total. The highest BCUT2D eigenvalue weighted by Crippen LogP contribution is 2.46. The number of nitrogens with zero attached hydrogens (tertiary/aromatic N) is 1. The highest BCUT2D eigenvalue weighted by Gasteiger charge is 2.30. The number of hydrogen-bond acceptors (Lipinski definition) is 6. The Balaban J connectivity index is 1.76. The van der Waals surface area contributed by atoms with E-state index in [4.69, 9.17) is 9.25 Å². The largest absolute Gasteiger partial charge is 0.455 e. The van der Waals surface area contributed by atoms with E-state index in [-0.39, 0.29) is 12.5 Å². The molecular weight excluding hydrogens is 397 g/mol. The quantitative estimate of drug-likeness (QED) is 0.662. The summed E-state index contributed by atoms with van der Waals surface area (Å²) in [7, 11) is -3.44. The van der Waals surface area contributed by atoms with E-state index in [9.17, 15) is 12.8 Å². The van der Waals surface area contributed by atoms with Crippen LogP contribution in [0.5, 0.6) is 0 Å². The van der Waals surface area contributed by atoms with Crippen molar-refractivity contribution >= 4 is 32.5 Å². The van der Waals surface area contributed by atoms with Crippen LogP contribution in [0.2, 0.25) is 0 Å². The summed E-state index contributed by atoms with van der Waals surface area (Å²) in [5.41, 5.74) is 6.13. The van der Waals surface area contributed by atoms with Crippen molar-refractivity contribution in [3.05, 3.63) is 53.3 Å². The lowest BCUT2D eigenvalue weighted by Crippen LogP contribution is -2.18. The maximum atomic E-state index is 13.4. The normalized spacial score (nSPS) is 16.7. The molecule has 0 radical (unpaired) electrons. The van der Waals surface area contributed by atoms with Gasteiger partial charge in [0.15, 0.2) is 12.6 Å². The van der Waals surface area contributed by atoms with Crippen LogP contribution in [0.25, 0.3) is 22.3 Å². The number of anilines is 1. The zero-order valence-electron chi connectivity index (χ0n) is 15.5. The molecule has 0 amide bonds. The minimum Gasteiger partial charge on any atom is -0.455 e. The summed E-state index contributed by atoms with van der Waals surface area (Å²) in [5, 5.41) is 0.794. The Labute approximate surface area is 166 Å². The van der Waals surface area contributed by atoms with Crippen molar-refractivity contribution in [3.8, 4) is 11.3 Å². The molecule has 1 aliphatic carbocycles. The minimum absolute atomic E-state index is 0.175. The number of sulfonamides is 1. The number of halogens is 1. The molecule has 1 aliphatic heterocycles. The number of fused-ring (bicyclic) bond motifs is 1. The van der Waals surface area contributed by atoms with Gasteiger partial charge in [-0.1, -0.05) is 0 Å². The van der Waals surface area contributed by atoms with Gasteiger partial charge >= 0.3 is 0 Å². The van der Waals surface area contributed by atoms with E-state index in [1.165, 1.54) is 12.1 Å². The average Bonchev–Trinajstić information content (AvgIpc) is 3.23. The van der Waals surface area contributed by atoms with Gasteiger partial charge in [-0.15, -0.1) is 0 Å². The van der Waals surface area contributed by atoms with Crippen molar-refractivity contribution in [1.29, 1.82) is 0 Å².